The van der Waals surface area contributed by atoms with Crippen LogP contribution < -0.4 is 10.6 Å². The molecule has 2 N–H and O–H groups in total. The highest BCUT2D eigenvalue weighted by molar-refractivity contribution is 5.93. The third kappa shape index (κ3) is 5.00. The van der Waals surface area contributed by atoms with Gasteiger partial charge in [-0.15, -0.1) is 0 Å². The summed E-state index contributed by atoms with van der Waals surface area (Å²) in [5.41, 5.74) is 1.16. The summed E-state index contributed by atoms with van der Waals surface area (Å²) in [6, 6.07) is 6.64. The number of carbonyl (C=O) groups excluding carboxylic acids is 1. The molecule has 0 atom stereocenters. The summed E-state index contributed by atoms with van der Waals surface area (Å²) in [5, 5.41) is 5.62. The number of pyridine rings is 1. The highest BCUT2D eigenvalue weighted by Gasteiger charge is 2.08. The molecule has 0 fully saturated rings. The van der Waals surface area contributed by atoms with E-state index in [0.717, 1.165) is 12.1 Å². The number of aromatic nitrogens is 1. The van der Waals surface area contributed by atoms with Crippen LogP contribution in [0.3, 0.4) is 0 Å². The molecular weight excluding hydrogens is 304 g/mol. The average molecular weight is 321 g/mol. The van der Waals surface area contributed by atoms with Gasteiger partial charge in [-0.25, -0.2) is 8.78 Å². The van der Waals surface area contributed by atoms with Crippen LogP contribution in [0.25, 0.3) is 0 Å². The SMILES string of the molecule is COCCCNC(=O)c1cc(Nc2ccc(F)c(F)c2)ccn1. The molecule has 5 nitrogen and oxygen atoms in total. The highest BCUT2D eigenvalue weighted by atomic mass is 19.2. The predicted octanol–water partition coefficient (Wildman–Crippen LogP) is 2.87. The van der Waals surface area contributed by atoms with Crippen molar-refractivity contribution in [1.29, 1.82) is 0 Å². The standard InChI is InChI=1S/C16H17F2N3O2/c1-23-8-2-6-20-16(22)15-10-12(5-7-19-15)21-11-3-4-13(17)14(18)9-11/h3-5,7,9-10H,2,6,8H2,1H3,(H,19,21)(H,20,22). The van der Waals surface area contributed by atoms with E-state index in [1.807, 2.05) is 0 Å². The number of anilines is 2. The van der Waals surface area contributed by atoms with Gasteiger partial charge in [-0.2, -0.15) is 0 Å². The molecule has 0 saturated heterocycles. The van der Waals surface area contributed by atoms with E-state index >= 15 is 0 Å². The highest BCUT2D eigenvalue weighted by Crippen LogP contribution is 2.19. The van der Waals surface area contributed by atoms with Crippen molar-refractivity contribution in [3.63, 3.8) is 0 Å². The van der Waals surface area contributed by atoms with E-state index in [9.17, 15) is 13.6 Å². The van der Waals surface area contributed by atoms with Crippen molar-refractivity contribution in [1.82, 2.24) is 10.3 Å². The number of nitrogens with one attached hydrogen (secondary N) is 2. The first kappa shape index (κ1) is 16.8. The van der Waals surface area contributed by atoms with Crippen LogP contribution in [0.2, 0.25) is 0 Å². The number of hydrogen-bond donors (Lipinski definition) is 2. The predicted molar refractivity (Wildman–Crippen MR) is 82.7 cm³/mol. The van der Waals surface area contributed by atoms with Crippen molar-refractivity contribution in [3.05, 3.63) is 53.9 Å². The summed E-state index contributed by atoms with van der Waals surface area (Å²) in [7, 11) is 1.59. The van der Waals surface area contributed by atoms with Crippen molar-refractivity contribution >= 4 is 17.3 Å². The van der Waals surface area contributed by atoms with Crippen molar-refractivity contribution in [2.24, 2.45) is 0 Å². The maximum absolute atomic E-state index is 13.2. The van der Waals surface area contributed by atoms with Gasteiger partial charge in [0.15, 0.2) is 11.6 Å². The number of halogens is 2. The van der Waals surface area contributed by atoms with E-state index in [2.05, 4.69) is 15.6 Å². The van der Waals surface area contributed by atoms with Crippen LogP contribution in [0, 0.1) is 11.6 Å². The Hall–Kier alpha value is -2.54. The fourth-order valence-electron chi connectivity index (χ4n) is 1.88. The lowest BCUT2D eigenvalue weighted by Crippen LogP contribution is -2.26. The van der Waals surface area contributed by atoms with Crippen LogP contribution in [-0.4, -0.2) is 31.2 Å². The monoisotopic (exact) mass is 321 g/mol. The number of hydrogen-bond acceptors (Lipinski definition) is 4. The maximum atomic E-state index is 13.2. The third-order valence-electron chi connectivity index (χ3n) is 3.01. The molecule has 0 bridgehead atoms. The van der Waals surface area contributed by atoms with Gasteiger partial charge in [-0.1, -0.05) is 0 Å². The fraction of sp³-hybridized carbons (Fsp3) is 0.250. The first-order valence-corrected chi connectivity index (χ1v) is 7.05. The molecule has 0 aliphatic rings. The van der Waals surface area contributed by atoms with E-state index in [0.29, 0.717) is 30.9 Å². The lowest BCUT2D eigenvalue weighted by molar-refractivity contribution is 0.0943. The Bertz CT molecular complexity index is 680. The summed E-state index contributed by atoms with van der Waals surface area (Å²) in [4.78, 5) is 16.0. The first-order chi connectivity index (χ1) is 11.1. The Balaban J connectivity index is 2.01. The Morgan fingerprint density at radius 2 is 1.96 bits per heavy atom. The number of rotatable bonds is 7. The van der Waals surface area contributed by atoms with Crippen molar-refractivity contribution in [2.75, 3.05) is 25.6 Å². The van der Waals surface area contributed by atoms with Gasteiger partial charge in [0.05, 0.1) is 0 Å². The molecule has 2 rings (SSSR count). The molecule has 7 heteroatoms. The van der Waals surface area contributed by atoms with E-state index in [1.165, 1.54) is 18.3 Å². The molecule has 0 unspecified atom stereocenters. The summed E-state index contributed by atoms with van der Waals surface area (Å²) in [6.45, 7) is 1.04. The summed E-state index contributed by atoms with van der Waals surface area (Å²) < 4.78 is 31.0. The first-order valence-electron chi connectivity index (χ1n) is 7.05. The quantitative estimate of drug-likeness (QED) is 0.770. The molecule has 23 heavy (non-hydrogen) atoms. The Kier molecular flexibility index (Phi) is 5.99. The number of amides is 1. The van der Waals surface area contributed by atoms with Gasteiger partial charge in [0.25, 0.3) is 5.91 Å². The van der Waals surface area contributed by atoms with Crippen molar-refractivity contribution < 1.29 is 18.3 Å². The molecule has 0 aliphatic heterocycles. The Morgan fingerprint density at radius 1 is 1.17 bits per heavy atom. The summed E-state index contributed by atoms with van der Waals surface area (Å²) >= 11 is 0. The molecule has 1 heterocycles. The van der Waals surface area contributed by atoms with Crippen LogP contribution in [-0.2, 0) is 4.74 Å². The molecule has 1 aromatic heterocycles. The van der Waals surface area contributed by atoms with Gasteiger partial charge in [0, 0.05) is 43.9 Å². The smallest absolute Gasteiger partial charge is 0.269 e. The lowest BCUT2D eigenvalue weighted by atomic mass is 10.2. The van der Waals surface area contributed by atoms with Gasteiger partial charge in [-0.05, 0) is 30.7 Å². The van der Waals surface area contributed by atoms with Crippen LogP contribution in [0.15, 0.2) is 36.5 Å². The third-order valence-corrected chi connectivity index (χ3v) is 3.01. The van der Waals surface area contributed by atoms with E-state index in [1.54, 1.807) is 13.2 Å². The van der Waals surface area contributed by atoms with Gasteiger partial charge < -0.3 is 15.4 Å². The number of methoxy groups -OCH3 is 1. The second kappa shape index (κ2) is 8.19. The molecule has 0 saturated carbocycles. The minimum atomic E-state index is -0.944. The summed E-state index contributed by atoms with van der Waals surface area (Å²) in [5.74, 6) is -2.17. The van der Waals surface area contributed by atoms with E-state index in [-0.39, 0.29) is 11.6 Å². The number of nitrogens with zero attached hydrogens (tertiary/aromatic N) is 1. The molecule has 122 valence electrons. The molecular formula is C16H17F2N3O2. The van der Waals surface area contributed by atoms with Gasteiger partial charge >= 0.3 is 0 Å². The normalized spacial score (nSPS) is 10.4. The average Bonchev–Trinajstić information content (AvgIpc) is 2.55. The van der Waals surface area contributed by atoms with Crippen LogP contribution in [0.4, 0.5) is 20.2 Å². The van der Waals surface area contributed by atoms with Gasteiger partial charge in [0.1, 0.15) is 5.69 Å². The van der Waals surface area contributed by atoms with E-state index < -0.39 is 11.6 Å². The topological polar surface area (TPSA) is 63.2 Å². The number of carbonyl (C=O) groups is 1. The van der Waals surface area contributed by atoms with E-state index in [4.69, 9.17) is 4.74 Å². The molecule has 0 radical (unpaired) electrons. The summed E-state index contributed by atoms with van der Waals surface area (Å²) in [6.07, 6.45) is 2.17. The fourth-order valence-corrected chi connectivity index (χ4v) is 1.88. The zero-order valence-corrected chi connectivity index (χ0v) is 12.6. The van der Waals surface area contributed by atoms with Crippen molar-refractivity contribution in [3.8, 4) is 0 Å². The molecule has 1 aromatic carbocycles. The number of ether oxygens (including phenoxy) is 1. The minimum absolute atomic E-state index is 0.231. The molecule has 0 spiro atoms. The van der Waals surface area contributed by atoms with Crippen LogP contribution >= 0.6 is 0 Å². The van der Waals surface area contributed by atoms with Crippen LogP contribution in [0.1, 0.15) is 16.9 Å². The minimum Gasteiger partial charge on any atom is -0.385 e. The molecule has 2 aromatic rings. The van der Waals surface area contributed by atoms with Gasteiger partial charge in [-0.3, -0.25) is 9.78 Å². The molecule has 1 amide bonds. The zero-order valence-electron chi connectivity index (χ0n) is 12.6. The lowest BCUT2D eigenvalue weighted by Gasteiger charge is -2.09. The second-order valence-corrected chi connectivity index (χ2v) is 4.79. The number of benzene rings is 1. The maximum Gasteiger partial charge on any atom is 0.269 e. The Morgan fingerprint density at radius 3 is 2.70 bits per heavy atom. The largest absolute Gasteiger partial charge is 0.385 e. The van der Waals surface area contributed by atoms with Crippen molar-refractivity contribution in [2.45, 2.75) is 6.42 Å². The van der Waals surface area contributed by atoms with Gasteiger partial charge in [0.2, 0.25) is 0 Å². The molecule has 0 aliphatic carbocycles. The Labute approximate surface area is 132 Å². The second-order valence-electron chi connectivity index (χ2n) is 4.79. The van der Waals surface area contributed by atoms with Crippen LogP contribution in [0.5, 0.6) is 0 Å². The zero-order chi connectivity index (χ0) is 16.7.